The molecule has 1 N–H and O–H groups in total. The third-order valence-corrected chi connectivity index (χ3v) is 12.1. The molecule has 8 unspecified atom stereocenters. The molecule has 6 heteroatoms. The van der Waals surface area contributed by atoms with Crippen LogP contribution in [0, 0.1) is 52.3 Å². The minimum atomic E-state index is -0.685. The van der Waals surface area contributed by atoms with E-state index in [1.807, 2.05) is 0 Å². The Morgan fingerprint density at radius 1 is 1.16 bits per heavy atom. The second kappa shape index (κ2) is 9.72. The number of Topliss-reactive ketones (excluding diaryl/α,β-unsaturated/α-hetero) is 1. The van der Waals surface area contributed by atoms with Crippen LogP contribution in [-0.4, -0.2) is 23.0 Å². The molecule has 0 heterocycles. The predicted molar refractivity (Wildman–Crippen MR) is 138 cm³/mol. The van der Waals surface area contributed by atoms with Crippen LogP contribution < -0.4 is 0 Å². The van der Waals surface area contributed by atoms with Crippen LogP contribution in [0.4, 0.5) is 0 Å². The Morgan fingerprint density at radius 2 is 1.84 bits per heavy atom. The van der Waals surface area contributed by atoms with Gasteiger partial charge in [0.1, 0.15) is 5.78 Å². The zero-order chi connectivity index (χ0) is 23.3. The minimum absolute atomic E-state index is 0.191. The maximum Gasteiger partial charge on any atom is 0.303 e. The highest BCUT2D eigenvalue weighted by Gasteiger charge is 2.65. The third kappa shape index (κ3) is 4.12. The van der Waals surface area contributed by atoms with Crippen LogP contribution in [-0.2, 0) is 14.1 Å². The van der Waals surface area contributed by atoms with Gasteiger partial charge >= 0.3 is 5.97 Å². The molecule has 182 valence electrons. The quantitative estimate of drug-likeness (QED) is 0.256. The summed E-state index contributed by atoms with van der Waals surface area (Å²) >= 11 is 2.33. The van der Waals surface area contributed by atoms with Gasteiger partial charge in [-0.1, -0.05) is 27.7 Å². The summed E-state index contributed by atoms with van der Waals surface area (Å²) in [6.45, 7) is 9.97. The number of carboxylic acid groups (broad SMARTS) is 1. The van der Waals surface area contributed by atoms with Crippen LogP contribution in [0.15, 0.2) is 0 Å². The predicted octanol–water partition coefficient (Wildman–Crippen LogP) is 7.29. The summed E-state index contributed by atoms with van der Waals surface area (Å²) in [6, 6.07) is 0. The van der Waals surface area contributed by atoms with Gasteiger partial charge < -0.3 is 9.63 Å². The Hall–Kier alpha value is 0.260. The van der Waals surface area contributed by atoms with Gasteiger partial charge in [0, 0.05) is 18.3 Å². The fourth-order valence-electron chi connectivity index (χ4n) is 9.32. The fraction of sp³-hybridized carbons (Fsp3) is 0.923. The van der Waals surface area contributed by atoms with Crippen molar-refractivity contribution in [3.05, 3.63) is 0 Å². The molecule has 0 amide bonds. The van der Waals surface area contributed by atoms with Gasteiger partial charge in [-0.25, -0.2) is 0 Å². The molecule has 4 saturated carbocycles. The molecule has 0 bridgehead atoms. The lowest BCUT2D eigenvalue weighted by molar-refractivity contribution is -0.172. The summed E-state index contributed by atoms with van der Waals surface area (Å²) in [5, 5.41) is 9.18. The van der Waals surface area contributed by atoms with E-state index >= 15 is 0 Å². The summed E-state index contributed by atoms with van der Waals surface area (Å²) in [7, 11) is 0. The number of carboxylic acids is 1. The van der Waals surface area contributed by atoms with Gasteiger partial charge in [0.15, 0.2) is 0 Å². The number of hydrogen-bond acceptors (Lipinski definition) is 3. The van der Waals surface area contributed by atoms with Crippen LogP contribution in [0.25, 0.3) is 0 Å². The van der Waals surface area contributed by atoms with Gasteiger partial charge in [-0.2, -0.15) is 0 Å². The van der Waals surface area contributed by atoms with Crippen molar-refractivity contribution in [3.8, 4) is 0 Å². The minimum Gasteiger partial charge on any atom is -0.481 e. The Kier molecular flexibility index (Phi) is 7.70. The summed E-state index contributed by atoms with van der Waals surface area (Å²) in [5.41, 5.74) is 0.459. The van der Waals surface area contributed by atoms with Crippen LogP contribution in [0.5, 0.6) is 0 Å². The molecular weight excluding hydrogens is 534 g/mol. The molecule has 0 aliphatic heterocycles. The van der Waals surface area contributed by atoms with Gasteiger partial charge in [0.2, 0.25) is 0 Å². The molecule has 4 aliphatic rings. The molecule has 32 heavy (non-hydrogen) atoms. The average molecular weight is 576 g/mol. The van der Waals surface area contributed by atoms with E-state index in [-0.39, 0.29) is 29.1 Å². The number of carbonyl (C=O) groups is 2. The number of hydrogen-bond donors (Lipinski definition) is 1. The Bertz CT molecular complexity index is 731. The smallest absolute Gasteiger partial charge is 0.303 e. The van der Waals surface area contributed by atoms with Gasteiger partial charge in [0.05, 0.1) is 12.6 Å². The second-order valence-corrected chi connectivity index (χ2v) is 13.7. The number of aliphatic carboxylic acids is 1. The lowest BCUT2D eigenvalue weighted by Crippen LogP contribution is -2.60. The van der Waals surface area contributed by atoms with Gasteiger partial charge in [-0.05, 0) is 120 Å². The zero-order valence-corrected chi connectivity index (χ0v) is 23.4. The highest BCUT2D eigenvalue weighted by Crippen LogP contribution is 2.69. The van der Waals surface area contributed by atoms with Crippen molar-refractivity contribution in [1.82, 2.24) is 0 Å². The maximum atomic E-state index is 14.1. The van der Waals surface area contributed by atoms with Gasteiger partial charge in [0.25, 0.3) is 0 Å². The Balaban J connectivity index is 1.60. The van der Waals surface area contributed by atoms with Crippen LogP contribution in [0.3, 0.4) is 0 Å². The average Bonchev–Trinajstić information content (AvgIpc) is 3.10. The Labute approximate surface area is 209 Å². The molecule has 0 saturated heterocycles. The van der Waals surface area contributed by atoms with Crippen molar-refractivity contribution in [2.75, 3.05) is 0 Å². The normalized spacial score (nSPS) is 47.2. The molecule has 4 nitrogen and oxygen atoms in total. The standard InChI is InChI=1S/C26H42IO4P/c1-5-17-21-14-16(31-32-27)10-12-26(21,4)20-11-13-25(3)18(15(2)6-9-22(28)29)7-8-19(25)23(20)24(17)30/h15-21,23,32H,5-14H2,1-4H3,(H,28,29)/t15-,16-,17-,18?,19?,20?,21?,23?,25?,26?/m1/s1. The molecular formula is C26H42IO4P. The number of rotatable bonds is 7. The van der Waals surface area contributed by atoms with Crippen molar-refractivity contribution in [2.45, 2.75) is 98.0 Å². The van der Waals surface area contributed by atoms with Gasteiger partial charge in [-0.15, -0.1) is 0 Å². The van der Waals surface area contributed by atoms with Crippen LogP contribution >= 0.6 is 28.5 Å². The lowest BCUT2D eigenvalue weighted by atomic mass is 9.42. The zero-order valence-electron chi connectivity index (χ0n) is 20.2. The monoisotopic (exact) mass is 576 g/mol. The fourth-order valence-corrected chi connectivity index (χ4v) is 10.7. The number of ketones is 1. The van der Waals surface area contributed by atoms with E-state index in [4.69, 9.17) is 4.52 Å². The number of halogens is 1. The highest BCUT2D eigenvalue weighted by molar-refractivity contribution is 14.2. The SMILES string of the molecule is CC[C@H]1C(=O)C2C3CCC([C@H](C)CCC(=O)O)C3(C)CCC2C2(C)CC[C@@H](OPI)CC12. The molecule has 0 radical (unpaired) electrons. The molecule has 0 aromatic rings. The molecule has 4 aliphatic carbocycles. The largest absolute Gasteiger partial charge is 0.481 e. The van der Waals surface area contributed by atoms with Crippen molar-refractivity contribution in [3.63, 3.8) is 0 Å². The van der Waals surface area contributed by atoms with Crippen LogP contribution in [0.2, 0.25) is 0 Å². The van der Waals surface area contributed by atoms with Crippen molar-refractivity contribution >= 4 is 40.2 Å². The highest BCUT2D eigenvalue weighted by atomic mass is 127. The van der Waals surface area contributed by atoms with Crippen molar-refractivity contribution in [1.29, 1.82) is 0 Å². The molecule has 11 atom stereocenters. The number of carbonyl (C=O) groups excluding carboxylic acids is 1. The first kappa shape index (κ1) is 25.4. The molecule has 4 rings (SSSR count). The summed E-state index contributed by atoms with van der Waals surface area (Å²) in [4.78, 5) is 25.3. The van der Waals surface area contributed by atoms with Crippen molar-refractivity contribution in [2.24, 2.45) is 52.3 Å². The van der Waals surface area contributed by atoms with E-state index in [2.05, 4.69) is 49.7 Å². The first-order valence-corrected chi connectivity index (χ1v) is 17.0. The van der Waals surface area contributed by atoms with E-state index in [1.54, 1.807) is 0 Å². The lowest BCUT2D eigenvalue weighted by Gasteiger charge is -2.62. The van der Waals surface area contributed by atoms with E-state index in [0.29, 0.717) is 47.9 Å². The molecule has 0 aromatic carbocycles. The molecule has 0 aromatic heterocycles. The topological polar surface area (TPSA) is 63.6 Å². The summed E-state index contributed by atoms with van der Waals surface area (Å²) < 4.78 is 6.07. The molecule has 0 spiro atoms. The third-order valence-electron chi connectivity index (χ3n) is 10.9. The van der Waals surface area contributed by atoms with E-state index < -0.39 is 5.97 Å². The number of fused-ring (bicyclic) bond motifs is 5. The van der Waals surface area contributed by atoms with E-state index in [9.17, 15) is 14.7 Å². The Morgan fingerprint density at radius 3 is 2.50 bits per heavy atom. The summed E-state index contributed by atoms with van der Waals surface area (Å²) in [6.07, 6.45) is 10.5. The first-order valence-electron chi connectivity index (χ1n) is 12.9. The van der Waals surface area contributed by atoms with Gasteiger partial charge in [-0.3, -0.25) is 9.59 Å². The van der Waals surface area contributed by atoms with Crippen molar-refractivity contribution < 1.29 is 19.2 Å². The van der Waals surface area contributed by atoms with E-state index in [1.165, 1.54) is 25.7 Å². The summed E-state index contributed by atoms with van der Waals surface area (Å²) in [5.74, 6) is 2.77. The first-order chi connectivity index (χ1) is 15.2. The molecule has 4 fully saturated rings. The maximum absolute atomic E-state index is 14.1. The van der Waals surface area contributed by atoms with Crippen LogP contribution in [0.1, 0.15) is 91.9 Å². The second-order valence-electron chi connectivity index (χ2n) is 12.0. The van der Waals surface area contributed by atoms with E-state index in [0.717, 1.165) is 32.1 Å².